The first-order valence-corrected chi connectivity index (χ1v) is 4.65. The molecule has 102 valence electrons. The lowest BCUT2D eigenvalue weighted by atomic mass is 10.2. The highest BCUT2D eigenvalue weighted by Crippen LogP contribution is 2.26. The lowest BCUT2D eigenvalue weighted by Gasteiger charge is -2.17. The van der Waals surface area contributed by atoms with E-state index in [2.05, 4.69) is 4.98 Å². The van der Waals surface area contributed by atoms with E-state index in [-0.39, 0.29) is 0 Å². The van der Waals surface area contributed by atoms with E-state index in [1.807, 2.05) is 0 Å². The molecular formula is C9H7F7N2. The fourth-order valence-corrected chi connectivity index (χ4v) is 1.26. The molecule has 0 aliphatic carbocycles. The summed E-state index contributed by atoms with van der Waals surface area (Å²) in [5.41, 5.74) is -1.31. The zero-order chi connectivity index (χ0) is 14.1. The van der Waals surface area contributed by atoms with Crippen LogP contribution in [0, 0.1) is 23.5 Å². The summed E-state index contributed by atoms with van der Waals surface area (Å²) in [6, 6.07) is -1.46. The van der Waals surface area contributed by atoms with Gasteiger partial charge in [-0.3, -0.25) is 0 Å². The van der Waals surface area contributed by atoms with Gasteiger partial charge in [0.1, 0.15) is 5.69 Å². The summed E-state index contributed by atoms with van der Waals surface area (Å²) in [4.78, 5) is 2.27. The molecule has 18 heavy (non-hydrogen) atoms. The Balaban J connectivity index is 2.97. The normalized spacial score (nSPS) is 13.6. The molecule has 2 nitrogen and oxygen atoms in total. The molecule has 0 radical (unpaired) electrons. The van der Waals surface area contributed by atoms with Gasteiger partial charge in [-0.15, -0.1) is 0 Å². The van der Waals surface area contributed by atoms with E-state index in [1.54, 1.807) is 5.32 Å². The van der Waals surface area contributed by atoms with Crippen molar-refractivity contribution in [1.82, 2.24) is 4.98 Å². The van der Waals surface area contributed by atoms with Crippen molar-refractivity contribution in [2.75, 3.05) is 5.32 Å². The van der Waals surface area contributed by atoms with Crippen molar-refractivity contribution in [3.63, 3.8) is 0 Å². The lowest BCUT2D eigenvalue weighted by Crippen LogP contribution is -2.25. The number of rotatable bonds is 3. The highest BCUT2D eigenvalue weighted by Gasteiger charge is 2.31. The SMILES string of the molecule is CC(CC(F)(F)F)Nc1c(F)c(F)nc(F)c1F. The van der Waals surface area contributed by atoms with Gasteiger partial charge in [0.15, 0.2) is 0 Å². The average Bonchev–Trinajstić information content (AvgIpc) is 2.19. The first-order chi connectivity index (χ1) is 8.11. The molecule has 9 heteroatoms. The number of halogens is 7. The van der Waals surface area contributed by atoms with Crippen molar-refractivity contribution in [3.8, 4) is 0 Å². The maximum absolute atomic E-state index is 13.0. The highest BCUT2D eigenvalue weighted by atomic mass is 19.4. The maximum atomic E-state index is 13.0. The monoisotopic (exact) mass is 276 g/mol. The molecule has 0 fully saturated rings. The van der Waals surface area contributed by atoms with Crippen LogP contribution in [-0.2, 0) is 0 Å². The summed E-state index contributed by atoms with van der Waals surface area (Å²) in [7, 11) is 0. The highest BCUT2D eigenvalue weighted by molar-refractivity contribution is 5.46. The van der Waals surface area contributed by atoms with Crippen molar-refractivity contribution in [3.05, 3.63) is 23.5 Å². The molecule has 1 aromatic rings. The second-order valence-corrected chi connectivity index (χ2v) is 3.56. The van der Waals surface area contributed by atoms with Crippen molar-refractivity contribution in [2.45, 2.75) is 25.6 Å². The van der Waals surface area contributed by atoms with Crippen LogP contribution < -0.4 is 5.32 Å². The van der Waals surface area contributed by atoms with Gasteiger partial charge in [0.05, 0.1) is 6.42 Å². The lowest BCUT2D eigenvalue weighted by molar-refractivity contribution is -0.136. The molecule has 1 unspecified atom stereocenters. The molecule has 1 rings (SSSR count). The van der Waals surface area contributed by atoms with Crippen LogP contribution in [0.3, 0.4) is 0 Å². The summed E-state index contributed by atoms with van der Waals surface area (Å²) >= 11 is 0. The first kappa shape index (κ1) is 14.5. The minimum absolute atomic E-state index is 0.961. The summed E-state index contributed by atoms with van der Waals surface area (Å²) in [6.45, 7) is 0.961. The quantitative estimate of drug-likeness (QED) is 0.676. The molecule has 1 atom stereocenters. The van der Waals surface area contributed by atoms with Gasteiger partial charge in [0.25, 0.3) is 11.9 Å². The molecule has 0 aliphatic heterocycles. The van der Waals surface area contributed by atoms with Crippen LogP contribution in [0.15, 0.2) is 0 Å². The maximum Gasteiger partial charge on any atom is 0.391 e. The largest absolute Gasteiger partial charge is 0.391 e. The Kier molecular flexibility index (Phi) is 4.02. The van der Waals surface area contributed by atoms with Gasteiger partial charge in [-0.1, -0.05) is 0 Å². The molecule has 0 aromatic carbocycles. The van der Waals surface area contributed by atoms with E-state index in [9.17, 15) is 30.7 Å². The summed E-state index contributed by atoms with van der Waals surface area (Å²) in [6.07, 6.45) is -6.00. The molecule has 0 aliphatic rings. The Bertz CT molecular complexity index is 417. The zero-order valence-corrected chi connectivity index (χ0v) is 8.88. The number of alkyl halides is 3. The number of anilines is 1. The third kappa shape index (κ3) is 3.47. The number of hydrogen-bond acceptors (Lipinski definition) is 2. The van der Waals surface area contributed by atoms with E-state index >= 15 is 0 Å². The summed E-state index contributed by atoms with van der Waals surface area (Å²) in [5, 5.41) is 1.73. The second kappa shape index (κ2) is 4.99. The fourth-order valence-electron chi connectivity index (χ4n) is 1.26. The van der Waals surface area contributed by atoms with Crippen LogP contribution in [0.5, 0.6) is 0 Å². The van der Waals surface area contributed by atoms with Gasteiger partial charge in [-0.05, 0) is 6.92 Å². The van der Waals surface area contributed by atoms with E-state index in [4.69, 9.17) is 0 Å². The van der Waals surface area contributed by atoms with Crippen LogP contribution in [0.4, 0.5) is 36.4 Å². The van der Waals surface area contributed by atoms with Gasteiger partial charge >= 0.3 is 6.18 Å². The predicted octanol–water partition coefficient (Wildman–Crippen LogP) is 3.39. The zero-order valence-electron chi connectivity index (χ0n) is 8.88. The van der Waals surface area contributed by atoms with E-state index < -0.39 is 47.9 Å². The second-order valence-electron chi connectivity index (χ2n) is 3.56. The smallest absolute Gasteiger partial charge is 0.377 e. The Hall–Kier alpha value is -1.54. The summed E-state index contributed by atoms with van der Waals surface area (Å²) in [5.74, 6) is -7.61. The van der Waals surface area contributed by atoms with E-state index in [1.165, 1.54) is 0 Å². The standard InChI is InChI=1S/C9H7F7N2/c1-3(2-9(14,15)16)17-6-4(10)7(12)18-8(13)5(6)11/h3H,2H2,1H3,(H,17,18). The molecule has 0 amide bonds. The number of nitrogens with one attached hydrogen (secondary N) is 1. The Labute approximate surface area is 96.8 Å². The molecule has 1 heterocycles. The summed E-state index contributed by atoms with van der Waals surface area (Å²) < 4.78 is 87.3. The van der Waals surface area contributed by atoms with Gasteiger partial charge in [-0.25, -0.2) is 0 Å². The Morgan fingerprint density at radius 2 is 1.50 bits per heavy atom. The van der Waals surface area contributed by atoms with Crippen molar-refractivity contribution in [2.24, 2.45) is 0 Å². The number of nitrogens with zero attached hydrogens (tertiary/aromatic N) is 1. The van der Waals surface area contributed by atoms with Crippen molar-refractivity contribution >= 4 is 5.69 Å². The molecule has 0 saturated heterocycles. The third-order valence-electron chi connectivity index (χ3n) is 1.93. The Morgan fingerprint density at radius 3 is 1.89 bits per heavy atom. The molecule has 0 spiro atoms. The van der Waals surface area contributed by atoms with E-state index in [0.717, 1.165) is 6.92 Å². The van der Waals surface area contributed by atoms with Crippen LogP contribution in [0.25, 0.3) is 0 Å². The minimum atomic E-state index is -4.58. The molecule has 0 bridgehead atoms. The molecule has 0 saturated carbocycles. The number of pyridine rings is 1. The molecule has 1 N–H and O–H groups in total. The van der Waals surface area contributed by atoms with Crippen LogP contribution >= 0.6 is 0 Å². The van der Waals surface area contributed by atoms with Crippen molar-refractivity contribution < 1.29 is 30.7 Å². The fraction of sp³-hybridized carbons (Fsp3) is 0.444. The van der Waals surface area contributed by atoms with Crippen molar-refractivity contribution in [1.29, 1.82) is 0 Å². The van der Waals surface area contributed by atoms with Gasteiger partial charge in [-0.2, -0.15) is 35.7 Å². The first-order valence-electron chi connectivity index (χ1n) is 4.65. The van der Waals surface area contributed by atoms with Gasteiger partial charge in [0, 0.05) is 6.04 Å². The minimum Gasteiger partial charge on any atom is -0.377 e. The number of aromatic nitrogens is 1. The predicted molar refractivity (Wildman–Crippen MR) is 47.8 cm³/mol. The van der Waals surface area contributed by atoms with Crippen LogP contribution in [0.1, 0.15) is 13.3 Å². The van der Waals surface area contributed by atoms with E-state index in [0.29, 0.717) is 0 Å². The van der Waals surface area contributed by atoms with Gasteiger partial charge < -0.3 is 5.32 Å². The van der Waals surface area contributed by atoms with Crippen LogP contribution in [0.2, 0.25) is 0 Å². The molecule has 1 aromatic heterocycles. The third-order valence-corrected chi connectivity index (χ3v) is 1.93. The average molecular weight is 276 g/mol. The van der Waals surface area contributed by atoms with Gasteiger partial charge in [0.2, 0.25) is 11.6 Å². The Morgan fingerprint density at radius 1 is 1.06 bits per heavy atom. The van der Waals surface area contributed by atoms with Crippen LogP contribution in [-0.4, -0.2) is 17.2 Å². The molecular weight excluding hydrogens is 269 g/mol. The topological polar surface area (TPSA) is 24.9 Å². The number of hydrogen-bond donors (Lipinski definition) is 1.